The van der Waals surface area contributed by atoms with E-state index in [4.69, 9.17) is 0 Å². The lowest BCUT2D eigenvalue weighted by Gasteiger charge is -2.09. The molecule has 3 rings (SSSR count). The number of carbonyl (C=O) groups is 2. The van der Waals surface area contributed by atoms with Gasteiger partial charge in [0.1, 0.15) is 11.4 Å². The lowest BCUT2D eigenvalue weighted by molar-refractivity contribution is -0.114. The highest BCUT2D eigenvalue weighted by atomic mass is 19.1. The van der Waals surface area contributed by atoms with Crippen molar-refractivity contribution in [3.05, 3.63) is 86.9 Å². The summed E-state index contributed by atoms with van der Waals surface area (Å²) in [6, 6.07) is 11.0. The van der Waals surface area contributed by atoms with E-state index in [1.807, 2.05) is 0 Å². The molecule has 3 aromatic rings. The first-order chi connectivity index (χ1) is 13.3. The van der Waals surface area contributed by atoms with Crippen LogP contribution >= 0.6 is 0 Å². The van der Waals surface area contributed by atoms with E-state index in [9.17, 15) is 23.6 Å². The number of anilines is 2. The van der Waals surface area contributed by atoms with E-state index in [1.54, 1.807) is 24.3 Å². The molecule has 0 bridgehead atoms. The second-order valence-electron chi connectivity index (χ2n) is 5.84. The molecule has 2 amide bonds. The van der Waals surface area contributed by atoms with Crippen LogP contribution < -0.4 is 21.9 Å². The normalized spacial score (nSPS) is 10.4. The number of hydrogen-bond donors (Lipinski definition) is 3. The highest BCUT2D eigenvalue weighted by Crippen LogP contribution is 2.14. The molecule has 0 unspecified atom stereocenters. The Morgan fingerprint density at radius 1 is 0.929 bits per heavy atom. The summed E-state index contributed by atoms with van der Waals surface area (Å²) in [5, 5.41) is 5.13. The molecule has 1 aromatic heterocycles. The number of halogens is 1. The van der Waals surface area contributed by atoms with Gasteiger partial charge in [-0.25, -0.2) is 13.8 Å². The van der Waals surface area contributed by atoms with Gasteiger partial charge in [-0.1, -0.05) is 0 Å². The van der Waals surface area contributed by atoms with E-state index in [-0.39, 0.29) is 17.2 Å². The molecule has 0 radical (unpaired) electrons. The van der Waals surface area contributed by atoms with Crippen molar-refractivity contribution < 1.29 is 14.0 Å². The molecule has 142 valence electrons. The number of benzene rings is 2. The van der Waals surface area contributed by atoms with E-state index < -0.39 is 23.0 Å². The standard InChI is InChI=1S/C19H15FN4O4/c1-11(25)22-13-4-6-14(7-5-13)23-17(26)16-10-21-19(28)24(18(16)27)15-8-2-12(20)3-9-15/h2-10H,1H3,(H,21,28)(H,22,25)(H,23,26). The Balaban J connectivity index is 1.89. The molecule has 9 heteroatoms. The van der Waals surface area contributed by atoms with Crippen LogP contribution in [-0.2, 0) is 4.79 Å². The van der Waals surface area contributed by atoms with Crippen molar-refractivity contribution in [2.75, 3.05) is 10.6 Å². The molecule has 0 fully saturated rings. The Hall–Kier alpha value is -4.01. The fraction of sp³-hybridized carbons (Fsp3) is 0.0526. The van der Waals surface area contributed by atoms with Gasteiger partial charge in [-0.2, -0.15) is 0 Å². The van der Waals surface area contributed by atoms with Gasteiger partial charge in [-0.15, -0.1) is 0 Å². The van der Waals surface area contributed by atoms with E-state index in [0.717, 1.165) is 22.9 Å². The zero-order chi connectivity index (χ0) is 20.3. The van der Waals surface area contributed by atoms with E-state index in [1.165, 1.54) is 19.1 Å². The van der Waals surface area contributed by atoms with Crippen LogP contribution in [0.1, 0.15) is 17.3 Å². The van der Waals surface area contributed by atoms with Gasteiger partial charge >= 0.3 is 5.69 Å². The third kappa shape index (κ3) is 4.04. The Morgan fingerprint density at radius 3 is 2.07 bits per heavy atom. The second-order valence-corrected chi connectivity index (χ2v) is 5.84. The Kier molecular flexibility index (Phi) is 5.16. The van der Waals surface area contributed by atoms with Crippen LogP contribution in [0.2, 0.25) is 0 Å². The van der Waals surface area contributed by atoms with Crippen molar-refractivity contribution in [2.45, 2.75) is 6.92 Å². The highest BCUT2D eigenvalue weighted by molar-refractivity contribution is 6.04. The smallest absolute Gasteiger partial charge is 0.326 e. The molecule has 28 heavy (non-hydrogen) atoms. The van der Waals surface area contributed by atoms with Gasteiger partial charge in [-0.05, 0) is 48.5 Å². The molecule has 8 nitrogen and oxygen atoms in total. The van der Waals surface area contributed by atoms with Crippen molar-refractivity contribution in [2.24, 2.45) is 0 Å². The largest absolute Gasteiger partial charge is 0.333 e. The van der Waals surface area contributed by atoms with Crippen LogP contribution in [0.4, 0.5) is 15.8 Å². The van der Waals surface area contributed by atoms with Crippen LogP contribution in [0.5, 0.6) is 0 Å². The van der Waals surface area contributed by atoms with Gasteiger partial charge in [-0.3, -0.25) is 14.4 Å². The quantitative estimate of drug-likeness (QED) is 0.639. The van der Waals surface area contributed by atoms with E-state index in [2.05, 4.69) is 15.6 Å². The molecule has 0 aliphatic heterocycles. The first-order valence-corrected chi connectivity index (χ1v) is 8.15. The van der Waals surface area contributed by atoms with Crippen LogP contribution in [-0.4, -0.2) is 21.4 Å². The summed E-state index contributed by atoms with van der Waals surface area (Å²) in [4.78, 5) is 50.5. The molecule has 0 saturated heterocycles. The van der Waals surface area contributed by atoms with Crippen molar-refractivity contribution in [3.63, 3.8) is 0 Å². The lowest BCUT2D eigenvalue weighted by atomic mass is 10.2. The van der Waals surface area contributed by atoms with E-state index >= 15 is 0 Å². The van der Waals surface area contributed by atoms with Crippen molar-refractivity contribution in [1.29, 1.82) is 0 Å². The zero-order valence-electron chi connectivity index (χ0n) is 14.7. The maximum absolute atomic E-state index is 13.1. The third-order valence-corrected chi connectivity index (χ3v) is 3.77. The summed E-state index contributed by atoms with van der Waals surface area (Å²) >= 11 is 0. The van der Waals surface area contributed by atoms with Gasteiger partial charge in [0, 0.05) is 24.5 Å². The summed E-state index contributed by atoms with van der Waals surface area (Å²) < 4.78 is 13.8. The Labute approximate surface area is 157 Å². The molecule has 2 aromatic carbocycles. The number of aromatic nitrogens is 2. The van der Waals surface area contributed by atoms with Gasteiger partial charge in [0.15, 0.2) is 0 Å². The summed E-state index contributed by atoms with van der Waals surface area (Å²) in [7, 11) is 0. The minimum Gasteiger partial charge on any atom is -0.326 e. The third-order valence-electron chi connectivity index (χ3n) is 3.77. The maximum atomic E-state index is 13.1. The molecular formula is C19H15FN4O4. The van der Waals surface area contributed by atoms with Crippen molar-refractivity contribution >= 4 is 23.2 Å². The highest BCUT2D eigenvalue weighted by Gasteiger charge is 2.16. The number of nitrogens with one attached hydrogen (secondary N) is 3. The van der Waals surface area contributed by atoms with Gasteiger partial charge in [0.2, 0.25) is 5.91 Å². The van der Waals surface area contributed by atoms with Crippen LogP contribution in [0.3, 0.4) is 0 Å². The topological polar surface area (TPSA) is 113 Å². The number of carbonyl (C=O) groups excluding carboxylic acids is 2. The first-order valence-electron chi connectivity index (χ1n) is 8.15. The predicted molar refractivity (Wildman–Crippen MR) is 101 cm³/mol. The Bertz CT molecular complexity index is 1150. The van der Waals surface area contributed by atoms with E-state index in [0.29, 0.717) is 11.4 Å². The number of aromatic amines is 1. The SMILES string of the molecule is CC(=O)Nc1ccc(NC(=O)c2c[nH]c(=O)n(-c3ccc(F)cc3)c2=O)cc1. The van der Waals surface area contributed by atoms with Crippen LogP contribution in [0.15, 0.2) is 64.3 Å². The molecule has 3 N–H and O–H groups in total. The summed E-state index contributed by atoms with van der Waals surface area (Å²) in [6.45, 7) is 1.37. The van der Waals surface area contributed by atoms with Crippen LogP contribution in [0.25, 0.3) is 5.69 Å². The predicted octanol–water partition coefficient (Wildman–Crippen LogP) is 1.88. The van der Waals surface area contributed by atoms with Crippen LogP contribution in [0, 0.1) is 5.82 Å². The molecular weight excluding hydrogens is 367 g/mol. The number of H-pyrrole nitrogens is 1. The summed E-state index contributed by atoms with van der Waals surface area (Å²) in [5.41, 5.74) is -0.835. The molecule has 0 aliphatic carbocycles. The van der Waals surface area contributed by atoms with Crippen molar-refractivity contribution in [1.82, 2.24) is 9.55 Å². The van der Waals surface area contributed by atoms with Gasteiger partial charge < -0.3 is 15.6 Å². The molecule has 1 heterocycles. The lowest BCUT2D eigenvalue weighted by Crippen LogP contribution is -2.38. The molecule has 0 aliphatic rings. The minimum atomic E-state index is -0.845. The molecule has 0 atom stereocenters. The zero-order valence-corrected chi connectivity index (χ0v) is 14.7. The second kappa shape index (κ2) is 7.70. The maximum Gasteiger partial charge on any atom is 0.333 e. The summed E-state index contributed by atoms with van der Waals surface area (Å²) in [5.74, 6) is -1.49. The minimum absolute atomic E-state index is 0.127. The molecule has 0 spiro atoms. The van der Waals surface area contributed by atoms with Crippen molar-refractivity contribution in [3.8, 4) is 5.69 Å². The average Bonchev–Trinajstić information content (AvgIpc) is 2.64. The first kappa shape index (κ1) is 18.8. The fourth-order valence-electron chi connectivity index (χ4n) is 2.50. The Morgan fingerprint density at radius 2 is 1.50 bits per heavy atom. The number of nitrogens with zero attached hydrogens (tertiary/aromatic N) is 1. The fourth-order valence-corrected chi connectivity index (χ4v) is 2.50. The number of amides is 2. The van der Waals surface area contributed by atoms with Gasteiger partial charge in [0.05, 0.1) is 5.69 Å². The number of rotatable bonds is 4. The summed E-state index contributed by atoms with van der Waals surface area (Å²) in [6.07, 6.45) is 1.02. The monoisotopic (exact) mass is 382 g/mol. The van der Waals surface area contributed by atoms with Gasteiger partial charge in [0.25, 0.3) is 11.5 Å². The molecule has 0 saturated carbocycles. The number of hydrogen-bond acceptors (Lipinski definition) is 4. The average molecular weight is 382 g/mol.